The van der Waals surface area contributed by atoms with Crippen molar-refractivity contribution in [3.63, 3.8) is 0 Å². The van der Waals surface area contributed by atoms with Crippen LogP contribution in [0.1, 0.15) is 65.2 Å². The molecule has 0 spiro atoms. The minimum Gasteiger partial charge on any atom is -0.354 e. The highest BCUT2D eigenvalue weighted by molar-refractivity contribution is 5.77. The van der Waals surface area contributed by atoms with Gasteiger partial charge in [-0.1, -0.05) is 33.1 Å². The van der Waals surface area contributed by atoms with Crippen LogP contribution in [0.3, 0.4) is 0 Å². The number of nitrogens with one attached hydrogen (secondary N) is 1. The molecule has 3 N–H and O–H groups in total. The number of carbonyl (C=O) groups is 1. The highest BCUT2D eigenvalue weighted by Crippen LogP contribution is 2.28. The number of likely N-dealkylation sites (tertiary alicyclic amines) is 1. The summed E-state index contributed by atoms with van der Waals surface area (Å²) < 4.78 is 0. The Morgan fingerprint density at radius 1 is 1.14 bits per heavy atom. The quantitative estimate of drug-likeness (QED) is 0.790. The third-order valence-electron chi connectivity index (χ3n) is 5.25. The van der Waals surface area contributed by atoms with Gasteiger partial charge < -0.3 is 11.1 Å². The minimum absolute atomic E-state index is 0.143. The van der Waals surface area contributed by atoms with E-state index < -0.39 is 0 Å². The summed E-state index contributed by atoms with van der Waals surface area (Å²) in [4.78, 5) is 14.8. The molecule has 0 aromatic heterocycles. The first-order valence-corrected chi connectivity index (χ1v) is 8.80. The topological polar surface area (TPSA) is 58.4 Å². The summed E-state index contributed by atoms with van der Waals surface area (Å²) in [6, 6.07) is 0.469. The number of nitrogens with zero attached hydrogens (tertiary/aromatic N) is 1. The van der Waals surface area contributed by atoms with Crippen LogP contribution in [0.2, 0.25) is 0 Å². The maximum Gasteiger partial charge on any atom is 0.221 e. The Morgan fingerprint density at radius 2 is 1.76 bits per heavy atom. The van der Waals surface area contributed by atoms with E-state index in [-0.39, 0.29) is 11.4 Å². The Bertz CT molecular complexity index is 331. The second-order valence-corrected chi connectivity index (χ2v) is 7.46. The lowest BCUT2D eigenvalue weighted by Gasteiger charge is -2.34. The van der Waals surface area contributed by atoms with Gasteiger partial charge in [0.1, 0.15) is 0 Å². The maximum atomic E-state index is 12.2. The van der Waals surface area contributed by atoms with Crippen LogP contribution in [-0.2, 0) is 4.79 Å². The SMILES string of the molecule is CC(C)C(CNC(=O)CC1(N)CCCCC1)N1CCCC1. The Balaban J connectivity index is 1.78. The molecule has 0 bridgehead atoms. The zero-order valence-corrected chi connectivity index (χ0v) is 13.9. The van der Waals surface area contributed by atoms with E-state index in [1.54, 1.807) is 0 Å². The predicted molar refractivity (Wildman–Crippen MR) is 87.1 cm³/mol. The van der Waals surface area contributed by atoms with Crippen LogP contribution in [0.25, 0.3) is 0 Å². The van der Waals surface area contributed by atoms with Crippen molar-refractivity contribution in [2.75, 3.05) is 19.6 Å². The normalized spacial score (nSPS) is 24.2. The Hall–Kier alpha value is -0.610. The molecular weight excluding hydrogens is 262 g/mol. The van der Waals surface area contributed by atoms with Crippen molar-refractivity contribution in [3.05, 3.63) is 0 Å². The molecule has 0 aromatic rings. The molecule has 4 nitrogen and oxygen atoms in total. The van der Waals surface area contributed by atoms with Gasteiger partial charge in [-0.25, -0.2) is 0 Å². The first kappa shape index (κ1) is 16.8. The van der Waals surface area contributed by atoms with E-state index in [0.717, 1.165) is 19.4 Å². The Kier molecular flexibility index (Phi) is 6.06. The molecule has 1 aliphatic carbocycles. The molecule has 2 aliphatic rings. The summed E-state index contributed by atoms with van der Waals surface area (Å²) in [5, 5.41) is 3.15. The van der Waals surface area contributed by atoms with Crippen LogP contribution < -0.4 is 11.1 Å². The summed E-state index contributed by atoms with van der Waals surface area (Å²) in [5.74, 6) is 0.717. The summed E-state index contributed by atoms with van der Waals surface area (Å²) in [5.41, 5.74) is 6.13. The highest BCUT2D eigenvalue weighted by atomic mass is 16.1. The van der Waals surface area contributed by atoms with Crippen molar-refractivity contribution in [3.8, 4) is 0 Å². The van der Waals surface area contributed by atoms with Gasteiger partial charge in [-0.15, -0.1) is 0 Å². The third-order valence-corrected chi connectivity index (χ3v) is 5.25. The molecule has 1 unspecified atom stereocenters. The first-order chi connectivity index (χ1) is 10.0. The van der Waals surface area contributed by atoms with E-state index in [1.165, 1.54) is 45.2 Å². The van der Waals surface area contributed by atoms with Crippen LogP contribution in [0.5, 0.6) is 0 Å². The van der Waals surface area contributed by atoms with Gasteiger partial charge in [0.25, 0.3) is 0 Å². The lowest BCUT2D eigenvalue weighted by atomic mass is 9.80. The second-order valence-electron chi connectivity index (χ2n) is 7.46. The number of hydrogen-bond donors (Lipinski definition) is 2. The van der Waals surface area contributed by atoms with Gasteiger partial charge in [-0.05, 0) is 44.7 Å². The number of amides is 1. The molecule has 0 aromatic carbocycles. The van der Waals surface area contributed by atoms with Crippen molar-refractivity contribution in [2.45, 2.75) is 76.8 Å². The van der Waals surface area contributed by atoms with Crippen molar-refractivity contribution in [2.24, 2.45) is 11.7 Å². The van der Waals surface area contributed by atoms with E-state index in [1.807, 2.05) is 0 Å². The smallest absolute Gasteiger partial charge is 0.221 e. The average molecular weight is 295 g/mol. The average Bonchev–Trinajstić information content (AvgIpc) is 2.92. The van der Waals surface area contributed by atoms with Gasteiger partial charge in [0.15, 0.2) is 0 Å². The Labute approximate surface area is 129 Å². The number of rotatable bonds is 6. The van der Waals surface area contributed by atoms with Gasteiger partial charge in [0.05, 0.1) is 0 Å². The van der Waals surface area contributed by atoms with Crippen LogP contribution >= 0.6 is 0 Å². The standard InChI is InChI=1S/C17H33N3O/c1-14(2)15(20-10-6-7-11-20)13-19-16(21)12-17(18)8-4-3-5-9-17/h14-15H,3-13,18H2,1-2H3,(H,19,21). The van der Waals surface area contributed by atoms with Crippen molar-refractivity contribution in [1.29, 1.82) is 0 Å². The van der Waals surface area contributed by atoms with Crippen molar-refractivity contribution < 1.29 is 4.79 Å². The number of hydrogen-bond acceptors (Lipinski definition) is 3. The van der Waals surface area contributed by atoms with E-state index in [2.05, 4.69) is 24.1 Å². The monoisotopic (exact) mass is 295 g/mol. The molecular formula is C17H33N3O. The minimum atomic E-state index is -0.247. The molecule has 4 heteroatoms. The third kappa shape index (κ3) is 4.96. The van der Waals surface area contributed by atoms with Crippen molar-refractivity contribution >= 4 is 5.91 Å². The molecule has 1 amide bonds. The zero-order valence-electron chi connectivity index (χ0n) is 13.9. The summed E-state index contributed by atoms with van der Waals surface area (Å²) in [6.07, 6.45) is 8.70. The van der Waals surface area contributed by atoms with Gasteiger partial charge in [-0.3, -0.25) is 9.69 Å². The molecule has 2 rings (SSSR count). The molecule has 1 saturated carbocycles. The molecule has 1 aliphatic heterocycles. The van der Waals surface area contributed by atoms with Gasteiger partial charge >= 0.3 is 0 Å². The predicted octanol–water partition coefficient (Wildman–Crippen LogP) is 2.27. The highest BCUT2D eigenvalue weighted by Gasteiger charge is 2.31. The lowest BCUT2D eigenvalue weighted by molar-refractivity contribution is -0.122. The lowest BCUT2D eigenvalue weighted by Crippen LogP contribution is -2.49. The molecule has 2 fully saturated rings. The van der Waals surface area contributed by atoms with E-state index in [0.29, 0.717) is 18.4 Å². The first-order valence-electron chi connectivity index (χ1n) is 8.80. The van der Waals surface area contributed by atoms with Crippen molar-refractivity contribution in [1.82, 2.24) is 10.2 Å². The van der Waals surface area contributed by atoms with Crippen LogP contribution in [0, 0.1) is 5.92 Å². The van der Waals surface area contributed by atoms with Crippen LogP contribution in [0.4, 0.5) is 0 Å². The van der Waals surface area contributed by atoms with E-state index in [4.69, 9.17) is 5.73 Å². The summed E-state index contributed by atoms with van der Waals surface area (Å²) in [6.45, 7) is 7.63. The second kappa shape index (κ2) is 7.59. The fraction of sp³-hybridized carbons (Fsp3) is 0.941. The zero-order chi connectivity index (χ0) is 15.3. The van der Waals surface area contributed by atoms with E-state index >= 15 is 0 Å². The van der Waals surface area contributed by atoms with Gasteiger partial charge in [0, 0.05) is 24.5 Å². The molecule has 1 heterocycles. The van der Waals surface area contributed by atoms with E-state index in [9.17, 15) is 4.79 Å². The largest absolute Gasteiger partial charge is 0.354 e. The summed E-state index contributed by atoms with van der Waals surface area (Å²) in [7, 11) is 0. The van der Waals surface area contributed by atoms with Crippen LogP contribution in [-0.4, -0.2) is 42.0 Å². The van der Waals surface area contributed by atoms with Gasteiger partial charge in [0.2, 0.25) is 5.91 Å². The molecule has 1 saturated heterocycles. The summed E-state index contributed by atoms with van der Waals surface area (Å²) >= 11 is 0. The van der Waals surface area contributed by atoms with Gasteiger partial charge in [-0.2, -0.15) is 0 Å². The fourth-order valence-corrected chi connectivity index (χ4v) is 3.89. The fourth-order valence-electron chi connectivity index (χ4n) is 3.89. The molecule has 122 valence electrons. The Morgan fingerprint density at radius 3 is 2.33 bits per heavy atom. The molecule has 1 atom stereocenters. The van der Waals surface area contributed by atoms with Crippen LogP contribution in [0.15, 0.2) is 0 Å². The molecule has 0 radical (unpaired) electrons. The number of nitrogens with two attached hydrogens (primary N) is 1. The maximum absolute atomic E-state index is 12.2. The number of carbonyl (C=O) groups excluding carboxylic acids is 1. The molecule has 21 heavy (non-hydrogen) atoms.